The van der Waals surface area contributed by atoms with Gasteiger partial charge in [0.15, 0.2) is 0 Å². The standard InChI is InChI=1S/C14H14BrClN2S/c15-9-4-5-10(11(16)7-9)13-8-19-14(18-13)12-3-1-2-6-17-12/h4-5,7-8,12,17H,1-3,6H2. The van der Waals surface area contributed by atoms with Crippen molar-refractivity contribution in [2.45, 2.75) is 25.3 Å². The second-order valence-electron chi connectivity index (χ2n) is 4.70. The summed E-state index contributed by atoms with van der Waals surface area (Å²) < 4.78 is 0.991. The smallest absolute Gasteiger partial charge is 0.110 e. The molecule has 100 valence electrons. The molecule has 2 aromatic rings. The molecule has 1 fully saturated rings. The topological polar surface area (TPSA) is 24.9 Å². The molecule has 0 radical (unpaired) electrons. The van der Waals surface area contributed by atoms with Crippen LogP contribution in [0.1, 0.15) is 30.3 Å². The van der Waals surface area contributed by atoms with Crippen molar-refractivity contribution in [1.29, 1.82) is 0 Å². The van der Waals surface area contributed by atoms with Crippen molar-refractivity contribution < 1.29 is 0 Å². The Kier molecular flexibility index (Phi) is 4.22. The molecular formula is C14H14BrClN2S. The molecule has 1 aromatic heterocycles. The minimum Gasteiger partial charge on any atom is -0.308 e. The van der Waals surface area contributed by atoms with Gasteiger partial charge in [0.1, 0.15) is 5.01 Å². The first-order valence-electron chi connectivity index (χ1n) is 6.38. The molecule has 0 amide bonds. The summed E-state index contributed by atoms with van der Waals surface area (Å²) in [6.45, 7) is 1.10. The number of hydrogen-bond donors (Lipinski definition) is 1. The van der Waals surface area contributed by atoms with E-state index >= 15 is 0 Å². The lowest BCUT2D eigenvalue weighted by Crippen LogP contribution is -2.26. The van der Waals surface area contributed by atoms with Crippen molar-refractivity contribution in [3.63, 3.8) is 0 Å². The number of aromatic nitrogens is 1. The predicted molar refractivity (Wildman–Crippen MR) is 84.9 cm³/mol. The second-order valence-corrected chi connectivity index (χ2v) is 6.91. The fourth-order valence-electron chi connectivity index (χ4n) is 2.33. The maximum atomic E-state index is 6.28. The van der Waals surface area contributed by atoms with Gasteiger partial charge in [-0.3, -0.25) is 0 Å². The molecule has 0 saturated carbocycles. The van der Waals surface area contributed by atoms with Crippen molar-refractivity contribution in [3.05, 3.63) is 38.1 Å². The minimum absolute atomic E-state index is 0.418. The Hall–Kier alpha value is -0.420. The molecule has 1 aliphatic rings. The monoisotopic (exact) mass is 356 g/mol. The van der Waals surface area contributed by atoms with E-state index in [1.165, 1.54) is 24.3 Å². The van der Waals surface area contributed by atoms with Gasteiger partial charge in [-0.15, -0.1) is 11.3 Å². The van der Waals surface area contributed by atoms with Crippen LogP contribution in [-0.4, -0.2) is 11.5 Å². The van der Waals surface area contributed by atoms with Gasteiger partial charge in [0, 0.05) is 15.4 Å². The van der Waals surface area contributed by atoms with E-state index in [2.05, 4.69) is 26.6 Å². The van der Waals surface area contributed by atoms with Crippen LogP contribution in [0.15, 0.2) is 28.1 Å². The van der Waals surface area contributed by atoms with Crippen molar-refractivity contribution >= 4 is 38.9 Å². The molecule has 1 aromatic carbocycles. The molecule has 2 heterocycles. The molecule has 19 heavy (non-hydrogen) atoms. The SMILES string of the molecule is Clc1cc(Br)ccc1-c1csc(C2CCCCN2)n1. The zero-order valence-corrected chi connectivity index (χ0v) is 13.5. The van der Waals surface area contributed by atoms with Gasteiger partial charge in [-0.25, -0.2) is 4.98 Å². The van der Waals surface area contributed by atoms with E-state index in [1.54, 1.807) is 11.3 Å². The van der Waals surface area contributed by atoms with E-state index in [1.807, 2.05) is 18.2 Å². The van der Waals surface area contributed by atoms with Gasteiger partial charge in [0.2, 0.25) is 0 Å². The van der Waals surface area contributed by atoms with E-state index in [0.717, 1.165) is 27.3 Å². The summed E-state index contributed by atoms with van der Waals surface area (Å²) in [5.41, 5.74) is 1.98. The van der Waals surface area contributed by atoms with Crippen LogP contribution in [0.5, 0.6) is 0 Å². The average Bonchev–Trinajstić information content (AvgIpc) is 2.89. The van der Waals surface area contributed by atoms with Crippen LogP contribution >= 0.6 is 38.9 Å². The number of halogens is 2. The highest BCUT2D eigenvalue weighted by Gasteiger charge is 2.18. The van der Waals surface area contributed by atoms with Crippen molar-refractivity contribution in [3.8, 4) is 11.3 Å². The van der Waals surface area contributed by atoms with Crippen molar-refractivity contribution in [2.75, 3.05) is 6.54 Å². The summed E-state index contributed by atoms with van der Waals surface area (Å²) in [7, 11) is 0. The first-order valence-corrected chi connectivity index (χ1v) is 8.43. The number of nitrogens with one attached hydrogen (secondary N) is 1. The molecule has 0 aliphatic carbocycles. The number of piperidine rings is 1. The van der Waals surface area contributed by atoms with E-state index in [0.29, 0.717) is 6.04 Å². The first kappa shape index (κ1) is 13.6. The average molecular weight is 358 g/mol. The van der Waals surface area contributed by atoms with Crippen LogP contribution in [0.25, 0.3) is 11.3 Å². The number of hydrogen-bond acceptors (Lipinski definition) is 3. The van der Waals surface area contributed by atoms with Gasteiger partial charge in [0.25, 0.3) is 0 Å². The van der Waals surface area contributed by atoms with E-state index < -0.39 is 0 Å². The maximum Gasteiger partial charge on any atom is 0.110 e. The lowest BCUT2D eigenvalue weighted by Gasteiger charge is -2.21. The Morgan fingerprint density at radius 2 is 2.26 bits per heavy atom. The molecule has 0 spiro atoms. The van der Waals surface area contributed by atoms with Gasteiger partial charge >= 0.3 is 0 Å². The van der Waals surface area contributed by atoms with Crippen molar-refractivity contribution in [2.24, 2.45) is 0 Å². The quantitative estimate of drug-likeness (QED) is 0.814. The third-order valence-electron chi connectivity index (χ3n) is 3.34. The van der Waals surface area contributed by atoms with Crippen LogP contribution in [0, 0.1) is 0 Å². The van der Waals surface area contributed by atoms with Gasteiger partial charge < -0.3 is 5.32 Å². The Bertz CT molecular complexity index is 579. The third-order valence-corrected chi connectivity index (χ3v) is 5.10. The van der Waals surface area contributed by atoms with E-state index in [-0.39, 0.29) is 0 Å². The lowest BCUT2D eigenvalue weighted by atomic mass is 10.1. The molecular weight excluding hydrogens is 344 g/mol. The molecule has 3 rings (SSSR count). The molecule has 1 N–H and O–H groups in total. The van der Waals surface area contributed by atoms with Crippen LogP contribution in [-0.2, 0) is 0 Å². The molecule has 1 unspecified atom stereocenters. The molecule has 1 saturated heterocycles. The predicted octanol–water partition coefficient (Wildman–Crippen LogP) is 5.04. The summed E-state index contributed by atoms with van der Waals surface area (Å²) in [5, 5.41) is 7.54. The van der Waals surface area contributed by atoms with Crippen LogP contribution in [0.4, 0.5) is 0 Å². The number of benzene rings is 1. The summed E-state index contributed by atoms with van der Waals surface area (Å²) >= 11 is 11.4. The van der Waals surface area contributed by atoms with Gasteiger partial charge in [-0.1, -0.05) is 40.0 Å². The second kappa shape index (κ2) is 5.92. The number of thiazole rings is 1. The molecule has 1 atom stereocenters. The zero-order chi connectivity index (χ0) is 13.2. The third kappa shape index (κ3) is 3.02. The molecule has 2 nitrogen and oxygen atoms in total. The Morgan fingerprint density at radius 3 is 3.00 bits per heavy atom. The molecule has 5 heteroatoms. The summed E-state index contributed by atoms with van der Waals surface area (Å²) in [6, 6.07) is 6.34. The largest absolute Gasteiger partial charge is 0.308 e. The fraction of sp³-hybridized carbons (Fsp3) is 0.357. The first-order chi connectivity index (χ1) is 9.24. The normalized spacial score (nSPS) is 19.6. The summed E-state index contributed by atoms with van der Waals surface area (Å²) in [6.07, 6.45) is 3.74. The Morgan fingerprint density at radius 1 is 1.37 bits per heavy atom. The highest BCUT2D eigenvalue weighted by atomic mass is 79.9. The van der Waals surface area contributed by atoms with Gasteiger partial charge in [-0.05, 0) is 31.5 Å². The molecule has 1 aliphatic heterocycles. The van der Waals surface area contributed by atoms with E-state index in [4.69, 9.17) is 16.6 Å². The number of nitrogens with zero attached hydrogens (tertiary/aromatic N) is 1. The maximum absolute atomic E-state index is 6.28. The van der Waals surface area contributed by atoms with E-state index in [9.17, 15) is 0 Å². The highest BCUT2D eigenvalue weighted by Crippen LogP contribution is 2.33. The molecule has 0 bridgehead atoms. The highest BCUT2D eigenvalue weighted by molar-refractivity contribution is 9.10. The van der Waals surface area contributed by atoms with Gasteiger partial charge in [0.05, 0.1) is 16.8 Å². The summed E-state index contributed by atoms with van der Waals surface area (Å²) in [5.74, 6) is 0. The lowest BCUT2D eigenvalue weighted by molar-refractivity contribution is 0.411. The van der Waals surface area contributed by atoms with Crippen LogP contribution in [0.2, 0.25) is 5.02 Å². The Balaban J connectivity index is 1.87. The zero-order valence-electron chi connectivity index (χ0n) is 10.3. The number of rotatable bonds is 2. The minimum atomic E-state index is 0.418. The van der Waals surface area contributed by atoms with Crippen molar-refractivity contribution in [1.82, 2.24) is 10.3 Å². The Labute approximate surface area is 130 Å². The van der Waals surface area contributed by atoms with Crippen LogP contribution < -0.4 is 5.32 Å². The summed E-state index contributed by atoms with van der Waals surface area (Å²) in [4.78, 5) is 4.75. The fourth-order valence-corrected chi connectivity index (χ4v) is 4.03. The van der Waals surface area contributed by atoms with Gasteiger partial charge in [-0.2, -0.15) is 0 Å². The van der Waals surface area contributed by atoms with Crippen LogP contribution in [0.3, 0.4) is 0 Å².